The van der Waals surface area contributed by atoms with Crippen molar-refractivity contribution in [2.75, 3.05) is 13.1 Å². The van der Waals surface area contributed by atoms with Gasteiger partial charge in [-0.25, -0.2) is 4.39 Å². The molecule has 0 radical (unpaired) electrons. The van der Waals surface area contributed by atoms with Crippen LogP contribution in [-0.4, -0.2) is 40.7 Å². The van der Waals surface area contributed by atoms with Crippen LogP contribution >= 0.6 is 0 Å². The van der Waals surface area contributed by atoms with Crippen LogP contribution in [0.3, 0.4) is 0 Å². The molecule has 0 saturated carbocycles. The summed E-state index contributed by atoms with van der Waals surface area (Å²) in [4.78, 5) is 27.3. The van der Waals surface area contributed by atoms with E-state index in [0.717, 1.165) is 12.8 Å². The van der Waals surface area contributed by atoms with E-state index in [4.69, 9.17) is 0 Å². The van der Waals surface area contributed by atoms with Crippen LogP contribution in [0.15, 0.2) is 24.3 Å². The molecule has 0 aromatic heterocycles. The number of carbonyl (C=O) groups excluding carboxylic acids is 2. The SMILES string of the molecule is O=C1C2CCCN2C(=O)CN1Cc1ccccc1F. The molecule has 2 saturated heterocycles. The largest absolute Gasteiger partial charge is 0.329 e. The highest BCUT2D eigenvalue weighted by Crippen LogP contribution is 2.24. The fraction of sp³-hybridized carbons (Fsp3) is 0.429. The maximum Gasteiger partial charge on any atom is 0.246 e. The number of halogens is 1. The van der Waals surface area contributed by atoms with Gasteiger partial charge in [-0.2, -0.15) is 0 Å². The number of hydrogen-bond acceptors (Lipinski definition) is 2. The molecule has 1 aromatic carbocycles. The van der Waals surface area contributed by atoms with Crippen LogP contribution in [0.25, 0.3) is 0 Å². The first-order valence-corrected chi connectivity index (χ1v) is 6.48. The zero-order valence-electron chi connectivity index (χ0n) is 10.5. The summed E-state index contributed by atoms with van der Waals surface area (Å²) in [5.74, 6) is -0.421. The van der Waals surface area contributed by atoms with E-state index in [0.29, 0.717) is 12.1 Å². The molecule has 2 aliphatic heterocycles. The second-order valence-corrected chi connectivity index (χ2v) is 5.03. The number of rotatable bonds is 2. The molecule has 100 valence electrons. The number of amides is 2. The van der Waals surface area contributed by atoms with E-state index in [-0.39, 0.29) is 36.8 Å². The maximum absolute atomic E-state index is 13.6. The van der Waals surface area contributed by atoms with Crippen molar-refractivity contribution in [3.05, 3.63) is 35.6 Å². The topological polar surface area (TPSA) is 40.6 Å². The zero-order chi connectivity index (χ0) is 13.4. The first kappa shape index (κ1) is 12.1. The average Bonchev–Trinajstić information content (AvgIpc) is 2.88. The van der Waals surface area contributed by atoms with E-state index in [9.17, 15) is 14.0 Å². The molecule has 19 heavy (non-hydrogen) atoms. The van der Waals surface area contributed by atoms with Crippen LogP contribution < -0.4 is 0 Å². The summed E-state index contributed by atoms with van der Waals surface area (Å²) in [6.45, 7) is 0.897. The van der Waals surface area contributed by atoms with Crippen molar-refractivity contribution in [3.63, 3.8) is 0 Å². The summed E-state index contributed by atoms with van der Waals surface area (Å²) in [7, 11) is 0. The van der Waals surface area contributed by atoms with E-state index in [2.05, 4.69) is 0 Å². The number of carbonyl (C=O) groups is 2. The van der Waals surface area contributed by atoms with Crippen LogP contribution in [0, 0.1) is 5.82 Å². The molecule has 0 bridgehead atoms. The molecule has 2 aliphatic rings. The fourth-order valence-corrected chi connectivity index (χ4v) is 2.83. The molecule has 1 aromatic rings. The van der Waals surface area contributed by atoms with E-state index < -0.39 is 0 Å². The third-order valence-corrected chi connectivity index (χ3v) is 3.82. The molecule has 4 nitrogen and oxygen atoms in total. The van der Waals surface area contributed by atoms with Crippen molar-refractivity contribution in [1.29, 1.82) is 0 Å². The minimum Gasteiger partial charge on any atom is -0.329 e. The Bertz CT molecular complexity index is 532. The van der Waals surface area contributed by atoms with Crippen LogP contribution in [0.4, 0.5) is 4.39 Å². The number of nitrogens with zero attached hydrogens (tertiary/aromatic N) is 2. The Morgan fingerprint density at radius 3 is 2.84 bits per heavy atom. The van der Waals surface area contributed by atoms with Crippen LogP contribution in [-0.2, 0) is 16.1 Å². The average molecular weight is 262 g/mol. The number of piperazine rings is 1. The van der Waals surface area contributed by atoms with E-state index in [1.807, 2.05) is 0 Å². The Morgan fingerprint density at radius 2 is 2.05 bits per heavy atom. The van der Waals surface area contributed by atoms with Crippen LogP contribution in [0.5, 0.6) is 0 Å². The van der Waals surface area contributed by atoms with E-state index >= 15 is 0 Å². The van der Waals surface area contributed by atoms with Gasteiger partial charge in [0.2, 0.25) is 11.8 Å². The molecule has 3 rings (SSSR count). The predicted molar refractivity (Wildman–Crippen MR) is 66.6 cm³/mol. The lowest BCUT2D eigenvalue weighted by molar-refractivity contribution is -0.154. The molecular formula is C14H15FN2O2. The molecule has 0 spiro atoms. The van der Waals surface area contributed by atoms with Crippen molar-refractivity contribution in [1.82, 2.24) is 9.80 Å². The predicted octanol–water partition coefficient (Wildman–Crippen LogP) is 1.16. The van der Waals surface area contributed by atoms with Gasteiger partial charge in [-0.3, -0.25) is 9.59 Å². The maximum atomic E-state index is 13.6. The number of hydrogen-bond donors (Lipinski definition) is 0. The molecule has 0 N–H and O–H groups in total. The smallest absolute Gasteiger partial charge is 0.246 e. The van der Waals surface area contributed by atoms with Gasteiger partial charge in [-0.1, -0.05) is 18.2 Å². The third kappa shape index (κ3) is 2.09. The summed E-state index contributed by atoms with van der Waals surface area (Å²) in [5, 5.41) is 0. The van der Waals surface area contributed by atoms with Gasteiger partial charge in [0.25, 0.3) is 0 Å². The summed E-state index contributed by atoms with van der Waals surface area (Å²) in [6, 6.07) is 6.03. The minimum absolute atomic E-state index is 0.0292. The number of benzene rings is 1. The third-order valence-electron chi connectivity index (χ3n) is 3.82. The quantitative estimate of drug-likeness (QED) is 0.802. The number of fused-ring (bicyclic) bond motifs is 1. The van der Waals surface area contributed by atoms with Crippen molar-refractivity contribution in [3.8, 4) is 0 Å². The first-order chi connectivity index (χ1) is 9.16. The molecular weight excluding hydrogens is 247 g/mol. The standard InChI is InChI=1S/C14H15FN2O2/c15-11-5-2-1-4-10(11)8-16-9-13(18)17-7-3-6-12(17)14(16)19/h1-2,4-5,12H,3,6-9H2. The summed E-state index contributed by atoms with van der Waals surface area (Å²) >= 11 is 0. The van der Waals surface area contributed by atoms with Gasteiger partial charge < -0.3 is 9.80 Å². The molecule has 5 heteroatoms. The van der Waals surface area contributed by atoms with Crippen molar-refractivity contribution in [2.24, 2.45) is 0 Å². The molecule has 2 heterocycles. The highest BCUT2D eigenvalue weighted by atomic mass is 19.1. The van der Waals surface area contributed by atoms with Gasteiger partial charge >= 0.3 is 0 Å². The Labute approximate surface area is 110 Å². The lowest BCUT2D eigenvalue weighted by atomic mass is 10.1. The highest BCUT2D eigenvalue weighted by molar-refractivity contribution is 5.95. The van der Waals surface area contributed by atoms with Gasteiger partial charge in [-0.05, 0) is 18.9 Å². The van der Waals surface area contributed by atoms with Crippen LogP contribution in [0.1, 0.15) is 18.4 Å². The molecule has 2 fully saturated rings. The van der Waals surface area contributed by atoms with Crippen molar-refractivity contribution >= 4 is 11.8 Å². The Hall–Kier alpha value is -1.91. The van der Waals surface area contributed by atoms with Gasteiger partial charge in [0.1, 0.15) is 18.4 Å². The fourth-order valence-electron chi connectivity index (χ4n) is 2.83. The molecule has 0 aliphatic carbocycles. The van der Waals surface area contributed by atoms with Crippen molar-refractivity contribution in [2.45, 2.75) is 25.4 Å². The first-order valence-electron chi connectivity index (χ1n) is 6.48. The van der Waals surface area contributed by atoms with Gasteiger partial charge in [0.05, 0.1) is 0 Å². The lowest BCUT2D eigenvalue weighted by Gasteiger charge is -2.36. The Balaban J connectivity index is 1.80. The van der Waals surface area contributed by atoms with Gasteiger partial charge in [0.15, 0.2) is 0 Å². The van der Waals surface area contributed by atoms with Gasteiger partial charge in [0, 0.05) is 18.7 Å². The lowest BCUT2D eigenvalue weighted by Crippen LogP contribution is -2.56. The highest BCUT2D eigenvalue weighted by Gasteiger charge is 2.41. The van der Waals surface area contributed by atoms with Crippen LogP contribution in [0.2, 0.25) is 0 Å². The summed E-state index contributed by atoms with van der Waals surface area (Å²) in [6.07, 6.45) is 1.59. The Kier molecular flexibility index (Phi) is 2.97. The van der Waals surface area contributed by atoms with E-state index in [1.165, 1.54) is 11.0 Å². The zero-order valence-corrected chi connectivity index (χ0v) is 10.5. The van der Waals surface area contributed by atoms with Gasteiger partial charge in [-0.15, -0.1) is 0 Å². The summed E-state index contributed by atoms with van der Waals surface area (Å²) < 4.78 is 13.6. The second kappa shape index (κ2) is 4.64. The molecule has 2 amide bonds. The Morgan fingerprint density at radius 1 is 1.26 bits per heavy atom. The monoisotopic (exact) mass is 262 g/mol. The normalized spacial score (nSPS) is 22.9. The second-order valence-electron chi connectivity index (χ2n) is 5.03. The summed E-state index contributed by atoms with van der Waals surface area (Å²) in [5.41, 5.74) is 0.454. The van der Waals surface area contributed by atoms with Crippen molar-refractivity contribution < 1.29 is 14.0 Å². The van der Waals surface area contributed by atoms with E-state index in [1.54, 1.807) is 23.1 Å². The minimum atomic E-state index is -0.336. The molecule has 1 unspecified atom stereocenters. The molecule has 1 atom stereocenters.